The summed E-state index contributed by atoms with van der Waals surface area (Å²) in [6.07, 6.45) is 0. The second kappa shape index (κ2) is 7.53. The number of piperazine rings is 1. The highest BCUT2D eigenvalue weighted by Crippen LogP contribution is 1.95. The van der Waals surface area contributed by atoms with Crippen molar-refractivity contribution in [1.29, 1.82) is 0 Å². The molecule has 0 aromatic carbocycles. The van der Waals surface area contributed by atoms with Crippen LogP contribution in [-0.4, -0.2) is 51.3 Å². The van der Waals surface area contributed by atoms with Crippen molar-refractivity contribution in [2.75, 3.05) is 40.4 Å². The highest BCUT2D eigenvalue weighted by atomic mass is 16.5. The van der Waals surface area contributed by atoms with Gasteiger partial charge in [-0.1, -0.05) is 13.8 Å². The van der Waals surface area contributed by atoms with E-state index < -0.39 is 0 Å². The predicted molar refractivity (Wildman–Crippen MR) is 52.5 cm³/mol. The molecule has 1 rings (SSSR count). The van der Waals surface area contributed by atoms with Gasteiger partial charge in [-0.05, 0) is 7.05 Å². The molecule has 1 fully saturated rings. The van der Waals surface area contributed by atoms with Gasteiger partial charge in [0.05, 0.1) is 6.61 Å². The Balaban J connectivity index is 0.000000561. The first-order chi connectivity index (χ1) is 5.83. The molecule has 3 nitrogen and oxygen atoms in total. The van der Waals surface area contributed by atoms with E-state index in [0.29, 0.717) is 6.04 Å². The Labute approximate surface area is 76.1 Å². The zero-order valence-corrected chi connectivity index (χ0v) is 8.76. The highest BCUT2D eigenvalue weighted by Gasteiger charge is 2.14. The van der Waals surface area contributed by atoms with E-state index in [9.17, 15) is 0 Å². The summed E-state index contributed by atoms with van der Waals surface area (Å²) < 4.78 is 5.04. The third kappa shape index (κ3) is 4.70. The van der Waals surface area contributed by atoms with Gasteiger partial charge < -0.3 is 15.0 Å². The number of nitrogens with one attached hydrogen (secondary N) is 1. The van der Waals surface area contributed by atoms with Gasteiger partial charge in [0, 0.05) is 32.8 Å². The summed E-state index contributed by atoms with van der Waals surface area (Å²) in [5.74, 6) is 0. The van der Waals surface area contributed by atoms with E-state index in [4.69, 9.17) is 4.74 Å². The van der Waals surface area contributed by atoms with Crippen LogP contribution in [0.2, 0.25) is 0 Å². The topological polar surface area (TPSA) is 24.5 Å². The first kappa shape index (κ1) is 11.9. The fourth-order valence-electron chi connectivity index (χ4n) is 1.30. The van der Waals surface area contributed by atoms with Gasteiger partial charge in [0.2, 0.25) is 0 Å². The van der Waals surface area contributed by atoms with E-state index in [1.807, 2.05) is 13.8 Å². The van der Waals surface area contributed by atoms with Crippen LogP contribution in [0.1, 0.15) is 13.8 Å². The maximum Gasteiger partial charge on any atom is 0.0628 e. The Kier molecular flexibility index (Phi) is 7.45. The van der Waals surface area contributed by atoms with E-state index in [1.54, 1.807) is 7.11 Å². The van der Waals surface area contributed by atoms with Crippen molar-refractivity contribution in [3.8, 4) is 0 Å². The lowest BCUT2D eigenvalue weighted by atomic mass is 10.2. The van der Waals surface area contributed by atoms with Crippen molar-refractivity contribution < 1.29 is 4.74 Å². The van der Waals surface area contributed by atoms with E-state index >= 15 is 0 Å². The Morgan fingerprint density at radius 2 is 2.17 bits per heavy atom. The molecule has 3 heteroatoms. The summed E-state index contributed by atoms with van der Waals surface area (Å²) in [6.45, 7) is 8.17. The second-order valence-electron chi connectivity index (χ2n) is 2.87. The van der Waals surface area contributed by atoms with E-state index in [0.717, 1.165) is 26.2 Å². The maximum absolute atomic E-state index is 5.04. The van der Waals surface area contributed by atoms with Gasteiger partial charge >= 0.3 is 0 Å². The van der Waals surface area contributed by atoms with Crippen LogP contribution in [0.4, 0.5) is 0 Å². The molecule has 0 aliphatic carbocycles. The number of ether oxygens (including phenoxy) is 1. The van der Waals surface area contributed by atoms with Gasteiger partial charge in [-0.3, -0.25) is 0 Å². The second-order valence-corrected chi connectivity index (χ2v) is 2.87. The molecule has 1 atom stereocenters. The number of hydrogen-bond donors (Lipinski definition) is 1. The first-order valence-corrected chi connectivity index (χ1v) is 4.74. The molecule has 0 radical (unpaired) electrons. The van der Waals surface area contributed by atoms with Crippen molar-refractivity contribution in [2.24, 2.45) is 0 Å². The van der Waals surface area contributed by atoms with Crippen LogP contribution in [0, 0.1) is 0 Å². The molecule has 1 unspecified atom stereocenters. The van der Waals surface area contributed by atoms with Crippen molar-refractivity contribution in [3.63, 3.8) is 0 Å². The average molecular weight is 174 g/mol. The fourth-order valence-corrected chi connectivity index (χ4v) is 1.30. The molecule has 0 spiro atoms. The van der Waals surface area contributed by atoms with Crippen LogP contribution >= 0.6 is 0 Å². The fraction of sp³-hybridized carbons (Fsp3) is 1.00. The van der Waals surface area contributed by atoms with E-state index in [2.05, 4.69) is 17.3 Å². The number of nitrogens with zero attached hydrogens (tertiary/aromatic N) is 1. The normalized spacial score (nSPS) is 24.5. The van der Waals surface area contributed by atoms with Crippen LogP contribution in [0.3, 0.4) is 0 Å². The minimum atomic E-state index is 0.531. The maximum atomic E-state index is 5.04. The zero-order valence-electron chi connectivity index (χ0n) is 8.76. The van der Waals surface area contributed by atoms with Crippen molar-refractivity contribution in [1.82, 2.24) is 10.2 Å². The first-order valence-electron chi connectivity index (χ1n) is 4.74. The molecule has 0 bridgehead atoms. The molecule has 0 aromatic heterocycles. The standard InChI is InChI=1S/C7H16N2O.C2H6/c1-9-4-3-8-7(5-9)6-10-2;1-2/h7-8H,3-6H2,1-2H3;1-2H3. The molecule has 12 heavy (non-hydrogen) atoms. The molecule has 0 amide bonds. The molecule has 0 saturated carbocycles. The van der Waals surface area contributed by atoms with Gasteiger partial charge in [0.15, 0.2) is 0 Å². The molecule has 1 saturated heterocycles. The lowest BCUT2D eigenvalue weighted by molar-refractivity contribution is 0.127. The summed E-state index contributed by atoms with van der Waals surface area (Å²) in [5.41, 5.74) is 0. The van der Waals surface area contributed by atoms with Gasteiger partial charge in [-0.2, -0.15) is 0 Å². The largest absolute Gasteiger partial charge is 0.383 e. The van der Waals surface area contributed by atoms with Gasteiger partial charge in [-0.25, -0.2) is 0 Å². The zero-order chi connectivity index (χ0) is 9.40. The van der Waals surface area contributed by atoms with Crippen molar-refractivity contribution in [3.05, 3.63) is 0 Å². The molecular formula is C9H22N2O. The van der Waals surface area contributed by atoms with Gasteiger partial charge in [0.1, 0.15) is 0 Å². The molecule has 1 aliphatic rings. The number of hydrogen-bond acceptors (Lipinski definition) is 3. The van der Waals surface area contributed by atoms with Crippen molar-refractivity contribution in [2.45, 2.75) is 19.9 Å². The van der Waals surface area contributed by atoms with Crippen LogP contribution < -0.4 is 5.32 Å². The number of rotatable bonds is 2. The summed E-state index contributed by atoms with van der Waals surface area (Å²) in [5, 5.41) is 3.38. The lowest BCUT2D eigenvalue weighted by Crippen LogP contribution is -2.50. The predicted octanol–water partition coefficient (Wildman–Crippen LogP) is 0.563. The van der Waals surface area contributed by atoms with Crippen molar-refractivity contribution >= 4 is 0 Å². The average Bonchev–Trinajstić information content (AvgIpc) is 2.09. The van der Waals surface area contributed by atoms with E-state index in [-0.39, 0.29) is 0 Å². The third-order valence-electron chi connectivity index (χ3n) is 1.83. The summed E-state index contributed by atoms with van der Waals surface area (Å²) in [4.78, 5) is 2.32. The third-order valence-corrected chi connectivity index (χ3v) is 1.83. The minimum absolute atomic E-state index is 0.531. The van der Waals surface area contributed by atoms with Gasteiger partial charge in [-0.15, -0.1) is 0 Å². The van der Waals surface area contributed by atoms with Crippen LogP contribution in [0.15, 0.2) is 0 Å². The number of likely N-dealkylation sites (N-methyl/N-ethyl adjacent to an activating group) is 1. The Hall–Kier alpha value is -0.120. The molecular weight excluding hydrogens is 152 g/mol. The molecule has 1 heterocycles. The van der Waals surface area contributed by atoms with E-state index in [1.165, 1.54) is 0 Å². The Morgan fingerprint density at radius 3 is 2.67 bits per heavy atom. The van der Waals surface area contributed by atoms with Crippen LogP contribution in [0.5, 0.6) is 0 Å². The molecule has 0 aromatic rings. The number of methoxy groups -OCH3 is 1. The van der Waals surface area contributed by atoms with Crippen LogP contribution in [0.25, 0.3) is 0 Å². The summed E-state index contributed by atoms with van der Waals surface area (Å²) in [6, 6.07) is 0.531. The van der Waals surface area contributed by atoms with Crippen LogP contribution in [-0.2, 0) is 4.74 Å². The highest BCUT2D eigenvalue weighted by molar-refractivity contribution is 4.75. The smallest absolute Gasteiger partial charge is 0.0628 e. The molecule has 74 valence electrons. The Bertz CT molecular complexity index is 96.5. The monoisotopic (exact) mass is 174 g/mol. The SMILES string of the molecule is CC.COCC1CN(C)CCN1. The molecule has 1 aliphatic heterocycles. The van der Waals surface area contributed by atoms with Gasteiger partial charge in [0.25, 0.3) is 0 Å². The summed E-state index contributed by atoms with van der Waals surface area (Å²) in [7, 11) is 3.89. The Morgan fingerprint density at radius 1 is 1.50 bits per heavy atom. The summed E-state index contributed by atoms with van der Waals surface area (Å²) >= 11 is 0. The molecule has 1 N–H and O–H groups in total. The minimum Gasteiger partial charge on any atom is -0.383 e. The quantitative estimate of drug-likeness (QED) is 0.662. The lowest BCUT2D eigenvalue weighted by Gasteiger charge is -2.30.